The van der Waals surface area contributed by atoms with Gasteiger partial charge in [-0.05, 0) is 30.2 Å². The highest BCUT2D eigenvalue weighted by molar-refractivity contribution is 9.09. The molecule has 0 saturated heterocycles. The Kier molecular flexibility index (Phi) is 6.73. The lowest BCUT2D eigenvalue weighted by molar-refractivity contribution is -0.120. The number of amides is 1. The van der Waals surface area contributed by atoms with Crippen LogP contribution in [-0.4, -0.2) is 17.8 Å². The third-order valence-corrected chi connectivity index (χ3v) is 4.36. The van der Waals surface area contributed by atoms with Crippen LogP contribution in [0.2, 0.25) is 0 Å². The van der Waals surface area contributed by atoms with E-state index < -0.39 is 0 Å². The lowest BCUT2D eigenvalue weighted by Gasteiger charge is -2.07. The van der Waals surface area contributed by atoms with Crippen LogP contribution in [0.15, 0.2) is 17.5 Å². The maximum Gasteiger partial charge on any atom is 0.225 e. The predicted octanol–water partition coefficient (Wildman–Crippen LogP) is 3.22. The molecule has 0 aliphatic heterocycles. The van der Waals surface area contributed by atoms with Gasteiger partial charge in [-0.2, -0.15) is 0 Å². The van der Waals surface area contributed by atoms with Crippen LogP contribution >= 0.6 is 27.3 Å². The molecule has 0 fully saturated rings. The average molecular weight is 304 g/mol. The molecule has 1 aromatic heterocycles. The number of halogens is 1. The Labute approximate surface area is 110 Å². The molecule has 0 saturated carbocycles. The first-order valence-electron chi connectivity index (χ1n) is 5.57. The van der Waals surface area contributed by atoms with Crippen molar-refractivity contribution in [3.05, 3.63) is 22.4 Å². The zero-order chi connectivity index (χ0) is 11.8. The summed E-state index contributed by atoms with van der Waals surface area (Å²) in [6.07, 6.45) is 2.74. The molecule has 2 nitrogen and oxygen atoms in total. The van der Waals surface area contributed by atoms with Gasteiger partial charge in [0, 0.05) is 16.8 Å². The Morgan fingerprint density at radius 1 is 1.62 bits per heavy atom. The van der Waals surface area contributed by atoms with Crippen molar-refractivity contribution in [1.29, 1.82) is 0 Å². The molecule has 0 radical (unpaired) electrons. The van der Waals surface area contributed by atoms with Crippen molar-refractivity contribution in [1.82, 2.24) is 5.32 Å². The Balaban J connectivity index is 2.07. The smallest absolute Gasteiger partial charge is 0.225 e. The second-order valence-corrected chi connectivity index (χ2v) is 5.69. The van der Waals surface area contributed by atoms with Crippen molar-refractivity contribution in [2.45, 2.75) is 26.2 Å². The molecule has 1 atom stereocenters. The fourth-order valence-corrected chi connectivity index (χ4v) is 2.42. The normalized spacial score (nSPS) is 12.4. The quantitative estimate of drug-likeness (QED) is 0.608. The van der Waals surface area contributed by atoms with Gasteiger partial charge in [0.2, 0.25) is 5.91 Å². The van der Waals surface area contributed by atoms with Crippen LogP contribution in [0, 0.1) is 5.92 Å². The Hall–Kier alpha value is -0.350. The first-order chi connectivity index (χ1) is 7.72. The molecular weight excluding hydrogens is 286 g/mol. The zero-order valence-corrected chi connectivity index (χ0v) is 11.9. The number of carbonyl (C=O) groups is 1. The summed E-state index contributed by atoms with van der Waals surface area (Å²) in [5, 5.41) is 5.99. The topological polar surface area (TPSA) is 29.1 Å². The van der Waals surface area contributed by atoms with Gasteiger partial charge < -0.3 is 5.32 Å². The van der Waals surface area contributed by atoms with Crippen molar-refractivity contribution < 1.29 is 4.79 Å². The molecule has 0 aliphatic carbocycles. The van der Waals surface area contributed by atoms with Crippen LogP contribution in [0.5, 0.6) is 0 Å². The van der Waals surface area contributed by atoms with Gasteiger partial charge in [0.25, 0.3) is 0 Å². The first-order valence-corrected chi connectivity index (χ1v) is 7.57. The fraction of sp³-hybridized carbons (Fsp3) is 0.583. The van der Waals surface area contributed by atoms with E-state index in [9.17, 15) is 4.79 Å². The molecule has 4 heteroatoms. The molecule has 16 heavy (non-hydrogen) atoms. The molecule has 0 bridgehead atoms. The lowest BCUT2D eigenvalue weighted by atomic mass is 10.1. The third-order valence-electron chi connectivity index (χ3n) is 2.37. The van der Waals surface area contributed by atoms with Crippen LogP contribution < -0.4 is 5.32 Å². The molecule has 1 aromatic rings. The van der Waals surface area contributed by atoms with Crippen LogP contribution in [-0.2, 0) is 11.2 Å². The highest BCUT2D eigenvalue weighted by Crippen LogP contribution is 2.09. The Bertz CT molecular complexity index is 300. The highest BCUT2D eigenvalue weighted by atomic mass is 79.9. The largest absolute Gasteiger partial charge is 0.356 e. The van der Waals surface area contributed by atoms with Gasteiger partial charge in [-0.25, -0.2) is 0 Å². The van der Waals surface area contributed by atoms with Crippen LogP contribution in [0.4, 0.5) is 0 Å². The summed E-state index contributed by atoms with van der Waals surface area (Å²) in [5.41, 5.74) is 0. The predicted molar refractivity (Wildman–Crippen MR) is 73.2 cm³/mol. The van der Waals surface area contributed by atoms with Crippen LogP contribution in [0.1, 0.15) is 24.6 Å². The van der Waals surface area contributed by atoms with Gasteiger partial charge >= 0.3 is 0 Å². The van der Waals surface area contributed by atoms with Crippen LogP contribution in [0.3, 0.4) is 0 Å². The van der Waals surface area contributed by atoms with E-state index >= 15 is 0 Å². The average Bonchev–Trinajstić information content (AvgIpc) is 2.76. The van der Waals surface area contributed by atoms with Gasteiger partial charge in [0.05, 0.1) is 6.42 Å². The lowest BCUT2D eigenvalue weighted by Crippen LogP contribution is -2.26. The SMILES string of the molecule is CC(CBr)CCCNC(=O)Cc1cccs1. The molecular formula is C12H18BrNOS. The van der Waals surface area contributed by atoms with E-state index in [0.29, 0.717) is 12.3 Å². The van der Waals surface area contributed by atoms with Crippen molar-refractivity contribution in [3.8, 4) is 0 Å². The van der Waals surface area contributed by atoms with E-state index in [1.807, 2.05) is 17.5 Å². The monoisotopic (exact) mass is 303 g/mol. The van der Waals surface area contributed by atoms with E-state index in [4.69, 9.17) is 0 Å². The number of hydrogen-bond acceptors (Lipinski definition) is 2. The summed E-state index contributed by atoms with van der Waals surface area (Å²) >= 11 is 5.08. The summed E-state index contributed by atoms with van der Waals surface area (Å²) in [7, 11) is 0. The Morgan fingerprint density at radius 2 is 2.44 bits per heavy atom. The summed E-state index contributed by atoms with van der Waals surface area (Å²) in [5.74, 6) is 0.822. The standard InChI is InChI=1S/C12H18BrNOS/c1-10(9-13)4-2-6-14-12(15)8-11-5-3-7-16-11/h3,5,7,10H,2,4,6,8-9H2,1H3,(H,14,15). The molecule has 1 unspecified atom stereocenters. The summed E-state index contributed by atoms with van der Waals surface area (Å²) in [4.78, 5) is 12.6. The van der Waals surface area contributed by atoms with Gasteiger partial charge in [0.15, 0.2) is 0 Å². The number of nitrogens with one attached hydrogen (secondary N) is 1. The van der Waals surface area contributed by atoms with Crippen molar-refractivity contribution in [2.75, 3.05) is 11.9 Å². The third kappa shape index (κ3) is 5.66. The van der Waals surface area contributed by atoms with Gasteiger partial charge in [0.1, 0.15) is 0 Å². The number of hydrogen-bond donors (Lipinski definition) is 1. The number of carbonyl (C=O) groups excluding carboxylic acids is 1. The molecule has 1 heterocycles. The van der Waals surface area contributed by atoms with Crippen molar-refractivity contribution >= 4 is 33.2 Å². The van der Waals surface area contributed by atoms with Gasteiger partial charge in [-0.1, -0.05) is 28.9 Å². The van der Waals surface area contributed by atoms with Crippen molar-refractivity contribution in [2.24, 2.45) is 5.92 Å². The second-order valence-electron chi connectivity index (χ2n) is 4.01. The van der Waals surface area contributed by atoms with Gasteiger partial charge in [-0.3, -0.25) is 4.79 Å². The van der Waals surface area contributed by atoms with Crippen LogP contribution in [0.25, 0.3) is 0 Å². The molecule has 0 aliphatic rings. The maximum atomic E-state index is 11.5. The Morgan fingerprint density at radius 3 is 3.06 bits per heavy atom. The van der Waals surface area contributed by atoms with E-state index in [1.54, 1.807) is 11.3 Å². The van der Waals surface area contributed by atoms with E-state index in [0.717, 1.165) is 29.6 Å². The minimum absolute atomic E-state index is 0.133. The van der Waals surface area contributed by atoms with E-state index in [1.165, 1.54) is 0 Å². The molecule has 90 valence electrons. The molecule has 1 amide bonds. The molecule has 1 N–H and O–H groups in total. The number of thiophene rings is 1. The second kappa shape index (κ2) is 7.85. The van der Waals surface area contributed by atoms with Crippen molar-refractivity contribution in [3.63, 3.8) is 0 Å². The van der Waals surface area contributed by atoms with E-state index in [-0.39, 0.29) is 5.91 Å². The van der Waals surface area contributed by atoms with Gasteiger partial charge in [-0.15, -0.1) is 11.3 Å². The highest BCUT2D eigenvalue weighted by Gasteiger charge is 2.04. The zero-order valence-electron chi connectivity index (χ0n) is 9.54. The summed E-state index contributed by atoms with van der Waals surface area (Å²) in [6, 6.07) is 3.97. The summed E-state index contributed by atoms with van der Waals surface area (Å²) < 4.78 is 0. The molecule has 0 spiro atoms. The number of alkyl halides is 1. The first kappa shape index (κ1) is 13.7. The maximum absolute atomic E-state index is 11.5. The number of rotatable bonds is 7. The molecule has 0 aromatic carbocycles. The fourth-order valence-electron chi connectivity index (χ4n) is 1.39. The van der Waals surface area contributed by atoms with E-state index in [2.05, 4.69) is 28.2 Å². The minimum atomic E-state index is 0.133. The minimum Gasteiger partial charge on any atom is -0.356 e. The molecule has 1 rings (SSSR count). The summed E-state index contributed by atoms with van der Waals surface area (Å²) in [6.45, 7) is 3.00.